The predicted octanol–water partition coefficient (Wildman–Crippen LogP) is 2.73. The van der Waals surface area contributed by atoms with Crippen LogP contribution in [0.2, 0.25) is 0 Å². The van der Waals surface area contributed by atoms with Gasteiger partial charge in [0.25, 0.3) is 5.69 Å². The Kier molecular flexibility index (Phi) is 7.06. The average molecular weight is 330 g/mol. The average Bonchev–Trinajstić information content (AvgIpc) is 2.47. The van der Waals surface area contributed by atoms with E-state index >= 15 is 0 Å². The fraction of sp³-hybridized carbons (Fsp3) is 0.600. The summed E-state index contributed by atoms with van der Waals surface area (Å²) < 4.78 is 5.34. The Labute approximate surface area is 137 Å². The van der Waals surface area contributed by atoms with Crippen LogP contribution in [-0.2, 0) is 6.54 Å². The van der Waals surface area contributed by atoms with Crippen LogP contribution in [0.3, 0.4) is 0 Å². The van der Waals surface area contributed by atoms with E-state index in [0.717, 1.165) is 24.9 Å². The maximum atomic E-state index is 10.9. The molecular formula is C15H24ClN3O3. The summed E-state index contributed by atoms with van der Waals surface area (Å²) in [5.74, 6) is 0.689. The number of nitrogens with zero attached hydrogens (tertiary/aromatic N) is 2. The Balaban J connectivity index is 0.00000242. The van der Waals surface area contributed by atoms with Crippen molar-refractivity contribution >= 4 is 18.1 Å². The topological polar surface area (TPSA) is 81.6 Å². The first-order valence-electron chi connectivity index (χ1n) is 7.34. The molecule has 0 amide bonds. The molecule has 1 aliphatic heterocycles. The zero-order valence-corrected chi connectivity index (χ0v) is 13.8. The second-order valence-corrected chi connectivity index (χ2v) is 5.65. The fourth-order valence-corrected chi connectivity index (χ4v) is 3.03. The highest BCUT2D eigenvalue weighted by atomic mass is 35.5. The summed E-state index contributed by atoms with van der Waals surface area (Å²) in [6, 6.07) is 5.16. The molecule has 1 saturated heterocycles. The summed E-state index contributed by atoms with van der Waals surface area (Å²) in [6.45, 7) is 3.63. The lowest BCUT2D eigenvalue weighted by Crippen LogP contribution is -2.48. The van der Waals surface area contributed by atoms with E-state index in [1.54, 1.807) is 19.2 Å². The maximum Gasteiger partial charge on any atom is 0.270 e. The van der Waals surface area contributed by atoms with Crippen molar-refractivity contribution in [2.24, 2.45) is 5.73 Å². The van der Waals surface area contributed by atoms with Gasteiger partial charge in [0.05, 0.1) is 12.0 Å². The quantitative estimate of drug-likeness (QED) is 0.663. The molecule has 1 aromatic rings. The van der Waals surface area contributed by atoms with Gasteiger partial charge in [0.15, 0.2) is 0 Å². The Morgan fingerprint density at radius 2 is 2.23 bits per heavy atom. The predicted molar refractivity (Wildman–Crippen MR) is 88.6 cm³/mol. The number of non-ortho nitro benzene ring substituents is 1. The Bertz CT molecular complexity index is 511. The molecule has 1 aliphatic rings. The summed E-state index contributed by atoms with van der Waals surface area (Å²) in [4.78, 5) is 12.9. The highest BCUT2D eigenvalue weighted by Crippen LogP contribution is 2.28. The lowest BCUT2D eigenvalue weighted by Gasteiger charge is -2.38. The van der Waals surface area contributed by atoms with Crippen molar-refractivity contribution in [3.05, 3.63) is 33.9 Å². The number of nitro benzene ring substituents is 1. The number of hydrogen-bond donors (Lipinski definition) is 1. The van der Waals surface area contributed by atoms with Crippen molar-refractivity contribution in [3.8, 4) is 5.75 Å². The number of methoxy groups -OCH3 is 1. The van der Waals surface area contributed by atoms with E-state index in [-0.39, 0.29) is 29.1 Å². The minimum Gasteiger partial charge on any atom is -0.496 e. The third-order valence-electron chi connectivity index (χ3n) is 4.12. The van der Waals surface area contributed by atoms with Gasteiger partial charge in [-0.1, -0.05) is 6.42 Å². The van der Waals surface area contributed by atoms with E-state index in [9.17, 15) is 10.1 Å². The summed E-state index contributed by atoms with van der Waals surface area (Å²) in [6.07, 6.45) is 3.41. The van der Waals surface area contributed by atoms with Gasteiger partial charge in [-0.05, 0) is 32.4 Å². The molecule has 6 nitrogen and oxygen atoms in total. The number of nitrogens with two attached hydrogens (primary N) is 1. The van der Waals surface area contributed by atoms with Crippen LogP contribution in [0.4, 0.5) is 5.69 Å². The number of benzene rings is 1. The van der Waals surface area contributed by atoms with Gasteiger partial charge in [0.1, 0.15) is 5.75 Å². The second-order valence-electron chi connectivity index (χ2n) is 5.65. The molecule has 0 spiro atoms. The molecule has 1 fully saturated rings. The number of ether oxygens (including phenoxy) is 1. The van der Waals surface area contributed by atoms with Crippen molar-refractivity contribution in [1.29, 1.82) is 0 Å². The highest BCUT2D eigenvalue weighted by molar-refractivity contribution is 5.85. The molecule has 2 atom stereocenters. The molecule has 2 N–H and O–H groups in total. The van der Waals surface area contributed by atoms with E-state index in [4.69, 9.17) is 10.5 Å². The lowest BCUT2D eigenvalue weighted by atomic mass is 9.96. The summed E-state index contributed by atoms with van der Waals surface area (Å²) >= 11 is 0. The van der Waals surface area contributed by atoms with Gasteiger partial charge in [-0.25, -0.2) is 0 Å². The molecule has 2 rings (SSSR count). The number of piperidine rings is 1. The van der Waals surface area contributed by atoms with Gasteiger partial charge in [-0.3, -0.25) is 15.0 Å². The molecule has 0 bridgehead atoms. The van der Waals surface area contributed by atoms with Crippen LogP contribution >= 0.6 is 12.4 Å². The monoisotopic (exact) mass is 329 g/mol. The molecule has 0 aliphatic carbocycles. The minimum atomic E-state index is -0.373. The molecule has 2 unspecified atom stereocenters. The first-order chi connectivity index (χ1) is 10.0. The highest BCUT2D eigenvalue weighted by Gasteiger charge is 2.26. The molecule has 7 heteroatoms. The van der Waals surface area contributed by atoms with E-state index in [2.05, 4.69) is 4.90 Å². The Morgan fingerprint density at radius 1 is 1.50 bits per heavy atom. The molecule has 0 aromatic heterocycles. The number of nitro groups is 1. The van der Waals surface area contributed by atoms with Crippen molar-refractivity contribution in [1.82, 2.24) is 4.90 Å². The number of rotatable bonds is 5. The van der Waals surface area contributed by atoms with Crippen LogP contribution in [0.1, 0.15) is 31.7 Å². The smallest absolute Gasteiger partial charge is 0.270 e. The first kappa shape index (κ1) is 18.7. The number of hydrogen-bond acceptors (Lipinski definition) is 5. The fourth-order valence-electron chi connectivity index (χ4n) is 3.03. The van der Waals surface area contributed by atoms with Crippen LogP contribution in [0.25, 0.3) is 0 Å². The van der Waals surface area contributed by atoms with Gasteiger partial charge in [0, 0.05) is 36.3 Å². The normalized spacial score (nSPS) is 20.0. The van der Waals surface area contributed by atoms with E-state index < -0.39 is 0 Å². The molecular weight excluding hydrogens is 306 g/mol. The maximum absolute atomic E-state index is 10.9. The van der Waals surface area contributed by atoms with Crippen LogP contribution in [0.15, 0.2) is 18.2 Å². The van der Waals surface area contributed by atoms with Crippen LogP contribution < -0.4 is 10.5 Å². The van der Waals surface area contributed by atoms with Crippen LogP contribution in [0, 0.1) is 10.1 Å². The minimum absolute atomic E-state index is 0. The zero-order valence-electron chi connectivity index (χ0n) is 13.0. The largest absolute Gasteiger partial charge is 0.496 e. The molecule has 0 radical (unpaired) electrons. The summed E-state index contributed by atoms with van der Waals surface area (Å²) in [5.41, 5.74) is 7.02. The van der Waals surface area contributed by atoms with Crippen molar-refractivity contribution in [2.45, 2.75) is 44.8 Å². The lowest BCUT2D eigenvalue weighted by molar-refractivity contribution is -0.385. The van der Waals surface area contributed by atoms with Gasteiger partial charge < -0.3 is 10.5 Å². The molecule has 22 heavy (non-hydrogen) atoms. The zero-order chi connectivity index (χ0) is 15.4. The first-order valence-corrected chi connectivity index (χ1v) is 7.34. The number of likely N-dealkylation sites (tertiary alicyclic amines) is 1. The molecule has 124 valence electrons. The van der Waals surface area contributed by atoms with Crippen molar-refractivity contribution in [2.75, 3.05) is 13.7 Å². The van der Waals surface area contributed by atoms with Crippen molar-refractivity contribution < 1.29 is 9.66 Å². The van der Waals surface area contributed by atoms with Crippen LogP contribution in [-0.4, -0.2) is 35.6 Å². The van der Waals surface area contributed by atoms with Gasteiger partial charge in [0.2, 0.25) is 0 Å². The van der Waals surface area contributed by atoms with E-state index in [1.165, 1.54) is 12.5 Å². The standard InChI is InChI=1S/C15H23N3O3.ClH/c1-11(16)14-5-3-4-8-17(14)10-12-9-13(18(19)20)6-7-15(12)21-2;/h6-7,9,11,14H,3-5,8,10,16H2,1-2H3;1H. The number of halogens is 1. The van der Waals surface area contributed by atoms with E-state index in [0.29, 0.717) is 18.3 Å². The second kappa shape index (κ2) is 8.31. The van der Waals surface area contributed by atoms with Crippen molar-refractivity contribution in [3.63, 3.8) is 0 Å². The molecule has 1 aromatic carbocycles. The third kappa shape index (κ3) is 4.32. The molecule has 1 heterocycles. The Morgan fingerprint density at radius 3 is 2.82 bits per heavy atom. The summed E-state index contributed by atoms with van der Waals surface area (Å²) in [5, 5.41) is 10.9. The van der Waals surface area contributed by atoms with Gasteiger partial charge in [-0.15, -0.1) is 12.4 Å². The van der Waals surface area contributed by atoms with Gasteiger partial charge >= 0.3 is 0 Å². The van der Waals surface area contributed by atoms with Gasteiger partial charge in [-0.2, -0.15) is 0 Å². The van der Waals surface area contributed by atoms with Crippen LogP contribution in [0.5, 0.6) is 5.75 Å². The Hall–Kier alpha value is -1.37. The molecule has 0 saturated carbocycles. The third-order valence-corrected chi connectivity index (χ3v) is 4.12. The summed E-state index contributed by atoms with van der Waals surface area (Å²) in [7, 11) is 1.59. The van der Waals surface area contributed by atoms with E-state index in [1.807, 2.05) is 6.92 Å². The SMILES string of the molecule is COc1ccc([N+](=O)[O-])cc1CN1CCCCC1C(C)N.Cl.